The van der Waals surface area contributed by atoms with Crippen molar-refractivity contribution in [3.63, 3.8) is 0 Å². The van der Waals surface area contributed by atoms with Crippen LogP contribution >= 0.6 is 11.6 Å². The average molecular weight is 571 g/mol. The van der Waals surface area contributed by atoms with E-state index in [0.29, 0.717) is 43.7 Å². The van der Waals surface area contributed by atoms with E-state index in [-0.39, 0.29) is 11.8 Å². The first-order chi connectivity index (χ1) is 19.4. The van der Waals surface area contributed by atoms with Crippen molar-refractivity contribution in [3.8, 4) is 11.1 Å². The lowest BCUT2D eigenvalue weighted by molar-refractivity contribution is -0.168. The molecule has 2 aromatic rings. The van der Waals surface area contributed by atoms with Gasteiger partial charge in [-0.25, -0.2) is 0 Å². The maximum absolute atomic E-state index is 13.7. The normalized spacial score (nSPS) is 23.1. The molecule has 0 unspecified atom stereocenters. The van der Waals surface area contributed by atoms with Crippen molar-refractivity contribution >= 4 is 17.5 Å². The summed E-state index contributed by atoms with van der Waals surface area (Å²) in [5, 5.41) is 16.5. The third kappa shape index (κ3) is 7.27. The Morgan fingerprint density at radius 2 is 1.95 bits per heavy atom. The van der Waals surface area contributed by atoms with Crippen LogP contribution < -0.4 is 5.32 Å². The number of nitrogens with one attached hydrogen (secondary N) is 1. The van der Waals surface area contributed by atoms with E-state index in [9.17, 15) is 9.90 Å². The molecule has 2 fully saturated rings. The Hall–Kier alpha value is -1.96. The lowest BCUT2D eigenvalue weighted by Gasteiger charge is -2.44. The molecule has 0 bridgehead atoms. The lowest BCUT2D eigenvalue weighted by atomic mass is 9.78. The first kappa shape index (κ1) is 31.0. The number of rotatable bonds is 12. The maximum Gasteiger partial charge on any atom is 0.225 e. The number of hydrogen-bond donors (Lipinski definition) is 2. The highest BCUT2D eigenvalue weighted by Gasteiger charge is 2.45. The van der Waals surface area contributed by atoms with Gasteiger partial charge in [0.25, 0.3) is 0 Å². The summed E-state index contributed by atoms with van der Waals surface area (Å²) in [7, 11) is 3.69. The van der Waals surface area contributed by atoms with Gasteiger partial charge in [0, 0.05) is 36.8 Å². The van der Waals surface area contributed by atoms with Crippen LogP contribution in [0.25, 0.3) is 11.1 Å². The first-order valence-electron chi connectivity index (χ1n) is 15.1. The molecule has 6 nitrogen and oxygen atoms in total. The smallest absolute Gasteiger partial charge is 0.225 e. The Kier molecular flexibility index (Phi) is 11.5. The zero-order chi connectivity index (χ0) is 28.5. The highest BCUT2D eigenvalue weighted by atomic mass is 35.5. The second-order valence-corrected chi connectivity index (χ2v) is 11.9. The number of morpholine rings is 1. The first-order valence-corrected chi connectivity index (χ1v) is 15.4. The molecule has 1 saturated heterocycles. The van der Waals surface area contributed by atoms with Crippen molar-refractivity contribution in [1.82, 2.24) is 10.2 Å². The molecule has 1 heterocycles. The van der Waals surface area contributed by atoms with Crippen molar-refractivity contribution in [2.75, 3.05) is 47.0 Å². The molecule has 1 amide bonds. The number of unbranched alkanes of at least 4 members (excludes halogenated alkanes) is 1. The van der Waals surface area contributed by atoms with E-state index in [1.54, 1.807) is 7.11 Å². The second-order valence-electron chi connectivity index (χ2n) is 11.5. The van der Waals surface area contributed by atoms with Gasteiger partial charge in [-0.1, -0.05) is 54.9 Å². The van der Waals surface area contributed by atoms with Gasteiger partial charge in [0.05, 0.1) is 13.2 Å². The Morgan fingerprint density at radius 3 is 2.67 bits per heavy atom. The van der Waals surface area contributed by atoms with E-state index in [0.717, 1.165) is 68.2 Å². The molecule has 2 aromatic carbocycles. The van der Waals surface area contributed by atoms with Crippen LogP contribution in [-0.2, 0) is 26.3 Å². The number of nitrogens with zero attached hydrogens (tertiary/aromatic N) is 1. The van der Waals surface area contributed by atoms with Crippen molar-refractivity contribution in [1.29, 1.82) is 0 Å². The standard InChI is InChI=1S/C33H47ClN2O4/c1-4-24-9-7-10-27(21-24)31-28(11-8-12-29(31)34)33(38,17-5-6-19-39-3)30-23-36(18-20-40-30)32(37)26-15-13-25(14-16-26)22-35-2/h7-12,21,25-26,30,35,38H,4-6,13-20,22-23H2,1-3H3/t25?,26?,30-,33-/m1/s1. The largest absolute Gasteiger partial charge is 0.385 e. The number of benzene rings is 2. The number of ether oxygens (including phenoxy) is 2. The van der Waals surface area contributed by atoms with Crippen molar-refractivity contribution in [2.24, 2.45) is 11.8 Å². The third-order valence-corrected chi connectivity index (χ3v) is 9.17. The number of halogens is 1. The van der Waals surface area contributed by atoms with Gasteiger partial charge in [-0.2, -0.15) is 0 Å². The monoisotopic (exact) mass is 570 g/mol. The van der Waals surface area contributed by atoms with Crippen LogP contribution in [0.2, 0.25) is 5.02 Å². The fourth-order valence-electron chi connectivity index (χ4n) is 6.53. The molecule has 1 aliphatic heterocycles. The van der Waals surface area contributed by atoms with Gasteiger partial charge < -0.3 is 24.8 Å². The molecule has 0 radical (unpaired) electrons. The van der Waals surface area contributed by atoms with Crippen LogP contribution in [0.15, 0.2) is 42.5 Å². The Morgan fingerprint density at radius 1 is 1.18 bits per heavy atom. The quantitative estimate of drug-likeness (QED) is 0.314. The fourth-order valence-corrected chi connectivity index (χ4v) is 6.82. The molecule has 2 aliphatic rings. The summed E-state index contributed by atoms with van der Waals surface area (Å²) in [5.41, 5.74) is 2.47. The molecule has 1 saturated carbocycles. The zero-order valence-electron chi connectivity index (χ0n) is 24.5. The van der Waals surface area contributed by atoms with Crippen LogP contribution in [0.1, 0.15) is 63.0 Å². The Labute approximate surface area is 245 Å². The molecule has 1 aliphatic carbocycles. The van der Waals surface area contributed by atoms with Crippen molar-refractivity contribution < 1.29 is 19.4 Å². The summed E-state index contributed by atoms with van der Waals surface area (Å²) in [4.78, 5) is 15.6. The Balaban J connectivity index is 1.63. The molecule has 7 heteroatoms. The second kappa shape index (κ2) is 14.8. The van der Waals surface area contributed by atoms with Crippen molar-refractivity contribution in [2.45, 2.75) is 70.0 Å². The average Bonchev–Trinajstić information content (AvgIpc) is 2.99. The van der Waals surface area contributed by atoms with Crippen LogP contribution in [-0.4, -0.2) is 69.0 Å². The van der Waals surface area contributed by atoms with E-state index in [2.05, 4.69) is 30.4 Å². The number of hydrogen-bond acceptors (Lipinski definition) is 5. The molecule has 2 atom stereocenters. The van der Waals surface area contributed by atoms with E-state index in [1.165, 1.54) is 5.56 Å². The van der Waals surface area contributed by atoms with Gasteiger partial charge in [0.1, 0.15) is 11.7 Å². The number of carbonyl (C=O) groups is 1. The van der Waals surface area contributed by atoms with Crippen molar-refractivity contribution in [3.05, 3.63) is 58.6 Å². The molecular formula is C33H47ClN2O4. The fraction of sp³-hybridized carbons (Fsp3) is 0.606. The summed E-state index contributed by atoms with van der Waals surface area (Å²) in [6.45, 7) is 5.12. The van der Waals surface area contributed by atoms with E-state index >= 15 is 0 Å². The number of methoxy groups -OCH3 is 1. The van der Waals surface area contributed by atoms with Gasteiger partial charge >= 0.3 is 0 Å². The molecule has 220 valence electrons. The molecule has 40 heavy (non-hydrogen) atoms. The van der Waals surface area contributed by atoms with Gasteiger partial charge in [0.15, 0.2) is 0 Å². The zero-order valence-corrected chi connectivity index (χ0v) is 25.2. The molecular weight excluding hydrogens is 524 g/mol. The topological polar surface area (TPSA) is 71.0 Å². The van der Waals surface area contributed by atoms with Crippen LogP contribution in [0, 0.1) is 11.8 Å². The highest BCUT2D eigenvalue weighted by Crippen LogP contribution is 2.43. The van der Waals surface area contributed by atoms with Gasteiger partial charge in [0.2, 0.25) is 5.91 Å². The molecule has 4 rings (SSSR count). The Bertz CT molecular complexity index is 1100. The summed E-state index contributed by atoms with van der Waals surface area (Å²) < 4.78 is 11.6. The predicted molar refractivity (Wildman–Crippen MR) is 162 cm³/mol. The van der Waals surface area contributed by atoms with E-state index in [1.807, 2.05) is 36.2 Å². The SMILES string of the molecule is CCc1cccc(-c2c(Cl)cccc2[C@](O)(CCCCOC)[C@H]2CN(C(=O)C3CCC(CNC)CC3)CCO2)c1. The van der Waals surface area contributed by atoms with E-state index < -0.39 is 11.7 Å². The van der Waals surface area contributed by atoms with Crippen LogP contribution in [0.4, 0.5) is 0 Å². The lowest BCUT2D eigenvalue weighted by Crippen LogP contribution is -2.55. The van der Waals surface area contributed by atoms with Gasteiger partial charge in [-0.3, -0.25) is 4.79 Å². The number of aliphatic hydroxyl groups is 1. The van der Waals surface area contributed by atoms with E-state index in [4.69, 9.17) is 21.1 Å². The molecule has 0 aromatic heterocycles. The third-order valence-electron chi connectivity index (χ3n) is 8.86. The highest BCUT2D eigenvalue weighted by molar-refractivity contribution is 6.33. The van der Waals surface area contributed by atoms with Crippen LogP contribution in [0.5, 0.6) is 0 Å². The number of carbonyl (C=O) groups excluding carboxylic acids is 1. The minimum atomic E-state index is -1.32. The number of aryl methyl sites for hydroxylation is 1. The summed E-state index contributed by atoms with van der Waals surface area (Å²) >= 11 is 6.86. The summed E-state index contributed by atoms with van der Waals surface area (Å²) in [6.07, 6.45) is 6.45. The predicted octanol–water partition coefficient (Wildman–Crippen LogP) is 5.83. The number of amides is 1. The minimum Gasteiger partial charge on any atom is -0.385 e. The van der Waals surface area contributed by atoms with Crippen LogP contribution in [0.3, 0.4) is 0 Å². The summed E-state index contributed by atoms with van der Waals surface area (Å²) in [5.74, 6) is 0.913. The van der Waals surface area contributed by atoms with Gasteiger partial charge in [-0.15, -0.1) is 0 Å². The maximum atomic E-state index is 13.7. The molecule has 2 N–H and O–H groups in total. The molecule has 0 spiro atoms. The summed E-state index contributed by atoms with van der Waals surface area (Å²) in [6, 6.07) is 14.1. The minimum absolute atomic E-state index is 0.0557. The van der Waals surface area contributed by atoms with Gasteiger partial charge in [-0.05, 0) is 93.6 Å².